The van der Waals surface area contributed by atoms with E-state index in [0.717, 1.165) is 6.08 Å². The van der Waals surface area contributed by atoms with Gasteiger partial charge in [-0.05, 0) is 12.1 Å². The van der Waals surface area contributed by atoms with Gasteiger partial charge in [0.2, 0.25) is 0 Å². The van der Waals surface area contributed by atoms with Crippen LogP contribution in [0.15, 0.2) is 54.5 Å². The summed E-state index contributed by atoms with van der Waals surface area (Å²) < 4.78 is 23.0. The average Bonchev–Trinajstić information content (AvgIpc) is 2.29. The quantitative estimate of drug-likeness (QED) is 0.820. The number of hydrogen-bond donors (Lipinski definition) is 1. The zero-order valence-electron chi connectivity index (χ0n) is 8.51. The molecule has 16 heavy (non-hydrogen) atoms. The molecule has 0 heterocycles. The van der Waals surface area contributed by atoms with Crippen LogP contribution < -0.4 is 5.32 Å². The number of anilines is 1. The Balaban J connectivity index is 2.89. The molecule has 0 unspecified atom stereocenters. The van der Waals surface area contributed by atoms with Crippen LogP contribution in [0.5, 0.6) is 0 Å². The lowest BCUT2D eigenvalue weighted by molar-refractivity contribution is 0.268. The fraction of sp³-hybridized carbons (Fsp3) is 0. The fourth-order valence-electron chi connectivity index (χ4n) is 0.935. The lowest BCUT2D eigenvalue weighted by Gasteiger charge is -2.05. The van der Waals surface area contributed by atoms with Crippen molar-refractivity contribution >= 4 is 20.8 Å². The molecule has 1 N–H and O–H groups in total. The van der Waals surface area contributed by atoms with Crippen molar-refractivity contribution in [2.24, 2.45) is 0 Å². The van der Waals surface area contributed by atoms with Gasteiger partial charge >= 0.3 is 5.24 Å². The van der Waals surface area contributed by atoms with Gasteiger partial charge in [0.25, 0.3) is 9.84 Å². The fourth-order valence-corrected chi connectivity index (χ4v) is 1.65. The number of allylic oxidation sites excluding steroid dienone is 1. The number of amides is 1. The third-order valence-corrected chi connectivity index (χ3v) is 3.28. The van der Waals surface area contributed by atoms with E-state index in [1.54, 1.807) is 30.3 Å². The minimum Gasteiger partial charge on any atom is -0.312 e. The van der Waals surface area contributed by atoms with Crippen LogP contribution in [0.4, 0.5) is 10.5 Å². The first kappa shape index (κ1) is 12.2. The van der Waals surface area contributed by atoms with E-state index in [0.29, 0.717) is 5.69 Å². The molecule has 0 spiro atoms. The SMILES string of the molecule is C=CC(=C)S(=O)(=O)C(=O)Nc1ccccc1. The number of rotatable bonds is 3. The summed E-state index contributed by atoms with van der Waals surface area (Å²) in [6.45, 7) is 6.50. The van der Waals surface area contributed by atoms with Gasteiger partial charge in [0.15, 0.2) is 0 Å². The minimum atomic E-state index is -4.05. The molecular weight excluding hydrogens is 226 g/mol. The lowest BCUT2D eigenvalue weighted by Crippen LogP contribution is -2.21. The summed E-state index contributed by atoms with van der Waals surface area (Å²) in [4.78, 5) is 11.1. The molecule has 0 aliphatic carbocycles. The summed E-state index contributed by atoms with van der Waals surface area (Å²) >= 11 is 0. The first-order valence-electron chi connectivity index (χ1n) is 4.41. The Morgan fingerprint density at radius 1 is 1.25 bits per heavy atom. The molecule has 84 valence electrons. The maximum atomic E-state index is 11.5. The van der Waals surface area contributed by atoms with E-state index >= 15 is 0 Å². The van der Waals surface area contributed by atoms with E-state index in [9.17, 15) is 13.2 Å². The maximum absolute atomic E-state index is 11.5. The lowest BCUT2D eigenvalue weighted by atomic mass is 10.3. The zero-order chi connectivity index (χ0) is 12.2. The summed E-state index contributed by atoms with van der Waals surface area (Å²) in [6, 6.07) is 8.30. The number of hydrogen-bond acceptors (Lipinski definition) is 3. The second-order valence-corrected chi connectivity index (χ2v) is 4.85. The largest absolute Gasteiger partial charge is 0.345 e. The van der Waals surface area contributed by atoms with Crippen molar-refractivity contribution in [3.05, 3.63) is 54.5 Å². The Bertz CT molecular complexity index is 517. The highest BCUT2D eigenvalue weighted by atomic mass is 32.2. The highest BCUT2D eigenvalue weighted by Crippen LogP contribution is 2.12. The van der Waals surface area contributed by atoms with Crippen LogP contribution in [-0.4, -0.2) is 13.7 Å². The number of carbonyl (C=O) groups excluding carboxylic acids is 1. The molecule has 1 rings (SSSR count). The van der Waals surface area contributed by atoms with Gasteiger partial charge in [0.05, 0.1) is 4.91 Å². The summed E-state index contributed by atoms with van der Waals surface area (Å²) in [7, 11) is -4.05. The number of nitrogens with one attached hydrogen (secondary N) is 1. The first-order valence-corrected chi connectivity index (χ1v) is 5.89. The predicted octanol–water partition coefficient (Wildman–Crippen LogP) is 2.33. The van der Waals surface area contributed by atoms with Gasteiger partial charge in [-0.3, -0.25) is 4.79 Å². The molecule has 0 bridgehead atoms. The van der Waals surface area contributed by atoms with E-state index < -0.39 is 15.1 Å². The second kappa shape index (κ2) is 4.76. The number of carbonyl (C=O) groups is 1. The van der Waals surface area contributed by atoms with Crippen LogP contribution >= 0.6 is 0 Å². The third-order valence-electron chi connectivity index (χ3n) is 1.84. The van der Waals surface area contributed by atoms with E-state index in [4.69, 9.17) is 0 Å². The van der Waals surface area contributed by atoms with Crippen molar-refractivity contribution in [1.82, 2.24) is 0 Å². The standard InChI is InChI=1S/C11H11NO3S/c1-3-9(2)16(14,15)11(13)12-10-7-5-4-6-8-10/h3-8H,1-2H2,(H,12,13). The van der Waals surface area contributed by atoms with Crippen molar-refractivity contribution in [3.63, 3.8) is 0 Å². The average molecular weight is 237 g/mol. The molecule has 0 aromatic heterocycles. The van der Waals surface area contributed by atoms with Gasteiger partial charge in [0.1, 0.15) is 0 Å². The molecule has 4 nitrogen and oxygen atoms in total. The highest BCUT2D eigenvalue weighted by Gasteiger charge is 2.23. The molecule has 1 amide bonds. The highest BCUT2D eigenvalue weighted by molar-refractivity contribution is 8.09. The first-order chi connectivity index (χ1) is 7.48. The van der Waals surface area contributed by atoms with Gasteiger partial charge in [0, 0.05) is 5.69 Å². The van der Waals surface area contributed by atoms with Crippen molar-refractivity contribution in [2.75, 3.05) is 5.32 Å². The Morgan fingerprint density at radius 3 is 2.31 bits per heavy atom. The summed E-state index contributed by atoms with van der Waals surface area (Å²) in [5.74, 6) is 0. The van der Waals surface area contributed by atoms with E-state index in [-0.39, 0.29) is 4.91 Å². The Morgan fingerprint density at radius 2 is 1.81 bits per heavy atom. The van der Waals surface area contributed by atoms with E-state index in [1.807, 2.05) is 0 Å². The third kappa shape index (κ3) is 2.58. The molecule has 5 heteroatoms. The molecule has 0 atom stereocenters. The normalized spacial score (nSPS) is 10.5. The summed E-state index contributed by atoms with van der Waals surface area (Å²) in [5, 5.41) is 1.15. The van der Waals surface area contributed by atoms with Crippen LogP contribution in [0.2, 0.25) is 0 Å². The van der Waals surface area contributed by atoms with Crippen LogP contribution in [-0.2, 0) is 9.84 Å². The van der Waals surface area contributed by atoms with Crippen molar-refractivity contribution in [1.29, 1.82) is 0 Å². The van der Waals surface area contributed by atoms with Gasteiger partial charge < -0.3 is 5.32 Å². The van der Waals surface area contributed by atoms with E-state index in [1.165, 1.54) is 0 Å². The van der Waals surface area contributed by atoms with Crippen molar-refractivity contribution in [2.45, 2.75) is 0 Å². The Kier molecular flexibility index (Phi) is 3.63. The number of para-hydroxylation sites is 1. The number of benzene rings is 1. The zero-order valence-corrected chi connectivity index (χ0v) is 9.33. The van der Waals surface area contributed by atoms with Crippen molar-refractivity contribution < 1.29 is 13.2 Å². The van der Waals surface area contributed by atoms with Crippen molar-refractivity contribution in [3.8, 4) is 0 Å². The number of sulfone groups is 1. The minimum absolute atomic E-state index is 0.319. The van der Waals surface area contributed by atoms with E-state index in [2.05, 4.69) is 18.5 Å². The monoisotopic (exact) mass is 237 g/mol. The van der Waals surface area contributed by atoms with Crippen LogP contribution in [0.25, 0.3) is 0 Å². The molecule has 0 saturated heterocycles. The van der Waals surface area contributed by atoms with Crippen LogP contribution in [0.3, 0.4) is 0 Å². The molecular formula is C11H11NO3S. The van der Waals surface area contributed by atoms with Gasteiger partial charge in [-0.1, -0.05) is 37.4 Å². The molecule has 0 fully saturated rings. The summed E-state index contributed by atoms with van der Waals surface area (Å²) in [5.41, 5.74) is 0.410. The topological polar surface area (TPSA) is 63.2 Å². The maximum Gasteiger partial charge on any atom is 0.345 e. The molecule has 1 aromatic rings. The molecule has 0 radical (unpaired) electrons. The smallest absolute Gasteiger partial charge is 0.312 e. The van der Waals surface area contributed by atoms with Crippen LogP contribution in [0.1, 0.15) is 0 Å². The van der Waals surface area contributed by atoms with Gasteiger partial charge in [-0.15, -0.1) is 0 Å². The molecule has 0 aliphatic heterocycles. The summed E-state index contributed by atoms with van der Waals surface area (Å²) in [6.07, 6.45) is 1.03. The second-order valence-electron chi connectivity index (χ2n) is 2.95. The molecule has 1 aromatic carbocycles. The van der Waals surface area contributed by atoms with Gasteiger partial charge in [-0.2, -0.15) is 0 Å². The van der Waals surface area contributed by atoms with Crippen LogP contribution in [0, 0.1) is 0 Å². The van der Waals surface area contributed by atoms with Gasteiger partial charge in [-0.25, -0.2) is 8.42 Å². The Hall–Kier alpha value is -1.88. The molecule has 0 aliphatic rings. The molecule has 0 saturated carbocycles. The Labute approximate surface area is 94.2 Å². The predicted molar refractivity (Wildman–Crippen MR) is 63.7 cm³/mol.